The lowest BCUT2D eigenvalue weighted by Crippen LogP contribution is -2.44. The van der Waals surface area contributed by atoms with Crippen LogP contribution in [-0.4, -0.2) is 36.4 Å². The summed E-state index contributed by atoms with van der Waals surface area (Å²) in [7, 11) is -3.71. The lowest BCUT2D eigenvalue weighted by atomic mass is 10.1. The summed E-state index contributed by atoms with van der Waals surface area (Å²) in [5.41, 5.74) is -0.606. The first-order chi connectivity index (χ1) is 8.96. The lowest BCUT2D eigenvalue weighted by molar-refractivity contribution is -0.117. The Morgan fingerprint density at radius 3 is 2.30 bits per heavy atom. The molecular weight excluding hydrogens is 289 g/mol. The Morgan fingerprint density at radius 1 is 1.30 bits per heavy atom. The zero-order valence-electron chi connectivity index (χ0n) is 11.1. The van der Waals surface area contributed by atoms with Crippen LogP contribution < -0.4 is 5.32 Å². The molecule has 0 aliphatic carbocycles. The molecule has 0 aliphatic heterocycles. The molecule has 6 nitrogen and oxygen atoms in total. The summed E-state index contributed by atoms with van der Waals surface area (Å²) in [6.07, 6.45) is 0.886. The molecule has 1 amide bonds. The molecule has 1 rings (SSSR count). The van der Waals surface area contributed by atoms with E-state index in [1.54, 1.807) is 0 Å². The first kappa shape index (κ1) is 16.1. The fourth-order valence-corrected chi connectivity index (χ4v) is 1.58. The van der Waals surface area contributed by atoms with Gasteiger partial charge in [0.2, 0.25) is 5.91 Å². The van der Waals surface area contributed by atoms with Crippen molar-refractivity contribution in [2.75, 3.05) is 11.6 Å². The summed E-state index contributed by atoms with van der Waals surface area (Å²) in [5, 5.41) is 10.9. The Kier molecular flexibility index (Phi) is 4.18. The van der Waals surface area contributed by atoms with Gasteiger partial charge >= 0.3 is 5.97 Å². The molecule has 2 N–H and O–H groups in total. The number of hydrogen-bond acceptors (Lipinski definition) is 4. The normalized spacial score (nSPS) is 12.0. The van der Waals surface area contributed by atoms with Gasteiger partial charge < -0.3 is 10.4 Å². The molecule has 0 heterocycles. The maximum absolute atomic E-state index is 13.5. The molecule has 8 heteroatoms. The third-order valence-electron chi connectivity index (χ3n) is 2.94. The Balaban J connectivity index is 3.14. The molecule has 1 aromatic carbocycles. The van der Waals surface area contributed by atoms with Gasteiger partial charge in [-0.15, -0.1) is 0 Å². The van der Waals surface area contributed by atoms with E-state index in [-0.39, 0.29) is 11.3 Å². The van der Waals surface area contributed by atoms with Crippen molar-refractivity contribution >= 4 is 27.4 Å². The van der Waals surface area contributed by atoms with Crippen LogP contribution in [0.2, 0.25) is 0 Å². The second-order valence-corrected chi connectivity index (χ2v) is 7.30. The smallest absolute Gasteiger partial charge is 0.335 e. The van der Waals surface area contributed by atoms with E-state index in [1.165, 1.54) is 13.8 Å². The summed E-state index contributed by atoms with van der Waals surface area (Å²) >= 11 is 0. The number of amides is 1. The van der Waals surface area contributed by atoms with Crippen molar-refractivity contribution in [3.8, 4) is 0 Å². The monoisotopic (exact) mass is 303 g/mol. The van der Waals surface area contributed by atoms with Gasteiger partial charge in [0.05, 0.1) is 11.3 Å². The number of hydrogen-bond donors (Lipinski definition) is 2. The van der Waals surface area contributed by atoms with Crippen molar-refractivity contribution in [1.29, 1.82) is 0 Å². The van der Waals surface area contributed by atoms with Crippen LogP contribution in [-0.2, 0) is 14.6 Å². The van der Waals surface area contributed by atoms with Crippen molar-refractivity contribution in [3.05, 3.63) is 29.6 Å². The molecule has 0 aromatic heterocycles. The van der Waals surface area contributed by atoms with Crippen LogP contribution in [0.15, 0.2) is 18.2 Å². The number of carboxylic acid groups (broad SMARTS) is 1. The maximum atomic E-state index is 13.5. The van der Waals surface area contributed by atoms with Crippen LogP contribution >= 0.6 is 0 Å². The molecule has 20 heavy (non-hydrogen) atoms. The van der Waals surface area contributed by atoms with Crippen molar-refractivity contribution in [3.63, 3.8) is 0 Å². The average molecular weight is 303 g/mol. The standard InChI is InChI=1S/C12H14FNO5S/c1-12(2,20(3,18)19)11(17)14-9-6-7(10(15)16)4-5-8(9)13/h4-6H,1-3H3,(H,14,17)(H,15,16). The first-order valence-electron chi connectivity index (χ1n) is 5.50. The number of carbonyl (C=O) groups excluding carboxylic acids is 1. The fraction of sp³-hybridized carbons (Fsp3) is 0.333. The highest BCUT2D eigenvalue weighted by molar-refractivity contribution is 7.92. The number of benzene rings is 1. The quantitative estimate of drug-likeness (QED) is 0.872. The number of anilines is 1. The molecule has 0 unspecified atom stereocenters. The molecule has 0 bridgehead atoms. The van der Waals surface area contributed by atoms with Gasteiger partial charge in [-0.25, -0.2) is 17.6 Å². The van der Waals surface area contributed by atoms with Crippen LogP contribution in [0.25, 0.3) is 0 Å². The van der Waals surface area contributed by atoms with Gasteiger partial charge in [-0.05, 0) is 32.0 Å². The molecule has 0 spiro atoms. The average Bonchev–Trinajstić information content (AvgIpc) is 2.29. The molecule has 0 fully saturated rings. The van der Waals surface area contributed by atoms with Crippen molar-refractivity contribution in [1.82, 2.24) is 0 Å². The maximum Gasteiger partial charge on any atom is 0.335 e. The summed E-state index contributed by atoms with van der Waals surface area (Å²) in [6, 6.07) is 2.84. The molecule has 0 atom stereocenters. The minimum absolute atomic E-state index is 0.223. The number of aromatic carboxylic acids is 1. The zero-order chi connectivity index (χ0) is 15.7. The Morgan fingerprint density at radius 2 is 1.85 bits per heavy atom. The fourth-order valence-electron chi connectivity index (χ4n) is 1.20. The topological polar surface area (TPSA) is 101 Å². The highest BCUT2D eigenvalue weighted by Crippen LogP contribution is 2.21. The summed E-state index contributed by atoms with van der Waals surface area (Å²) < 4.78 is 34.7. The van der Waals surface area contributed by atoms with Gasteiger partial charge in [0, 0.05) is 6.26 Å². The lowest BCUT2D eigenvalue weighted by Gasteiger charge is -2.21. The summed E-state index contributed by atoms with van der Waals surface area (Å²) in [5.74, 6) is -3.09. The van der Waals surface area contributed by atoms with Gasteiger partial charge in [-0.1, -0.05) is 0 Å². The number of carbonyl (C=O) groups is 2. The first-order valence-corrected chi connectivity index (χ1v) is 7.40. The third kappa shape index (κ3) is 3.13. The van der Waals surface area contributed by atoms with Crippen LogP contribution in [0.1, 0.15) is 24.2 Å². The number of sulfone groups is 1. The Bertz CT molecular complexity index is 666. The highest BCUT2D eigenvalue weighted by atomic mass is 32.2. The molecular formula is C12H14FNO5S. The van der Waals surface area contributed by atoms with Gasteiger partial charge in [0.25, 0.3) is 0 Å². The van der Waals surface area contributed by atoms with Gasteiger partial charge in [-0.3, -0.25) is 4.79 Å². The predicted octanol–water partition coefficient (Wildman–Crippen LogP) is 1.29. The van der Waals surface area contributed by atoms with E-state index >= 15 is 0 Å². The number of carboxylic acids is 1. The number of halogens is 1. The SMILES string of the molecule is CC(C)(C(=O)Nc1cc(C(=O)O)ccc1F)S(C)(=O)=O. The van der Waals surface area contributed by atoms with Crippen molar-refractivity contribution in [2.45, 2.75) is 18.6 Å². The van der Waals surface area contributed by atoms with Crippen molar-refractivity contribution in [2.24, 2.45) is 0 Å². The molecule has 0 saturated carbocycles. The molecule has 0 radical (unpaired) electrons. The summed E-state index contributed by atoms with van der Waals surface area (Å²) in [6.45, 7) is 2.35. The van der Waals surface area contributed by atoms with Crippen LogP contribution in [0, 0.1) is 5.82 Å². The van der Waals surface area contributed by atoms with E-state index in [0.29, 0.717) is 0 Å². The molecule has 0 aliphatic rings. The van der Waals surface area contributed by atoms with E-state index in [4.69, 9.17) is 5.11 Å². The Hall–Kier alpha value is -1.96. The van der Waals surface area contributed by atoms with Crippen LogP contribution in [0.5, 0.6) is 0 Å². The minimum Gasteiger partial charge on any atom is -0.478 e. The second kappa shape index (κ2) is 5.20. The number of rotatable bonds is 4. The largest absolute Gasteiger partial charge is 0.478 e. The second-order valence-electron chi connectivity index (χ2n) is 4.74. The highest BCUT2D eigenvalue weighted by Gasteiger charge is 2.38. The van der Waals surface area contributed by atoms with Gasteiger partial charge in [0.15, 0.2) is 9.84 Å². The minimum atomic E-state index is -3.71. The molecule has 110 valence electrons. The molecule has 0 saturated heterocycles. The number of nitrogens with one attached hydrogen (secondary N) is 1. The predicted molar refractivity (Wildman–Crippen MR) is 70.9 cm³/mol. The van der Waals surface area contributed by atoms with Crippen LogP contribution in [0.4, 0.5) is 10.1 Å². The van der Waals surface area contributed by atoms with E-state index in [9.17, 15) is 22.4 Å². The van der Waals surface area contributed by atoms with Gasteiger partial charge in [0.1, 0.15) is 10.6 Å². The van der Waals surface area contributed by atoms with E-state index in [1.807, 2.05) is 0 Å². The van der Waals surface area contributed by atoms with E-state index < -0.39 is 32.3 Å². The Labute approximate surface area is 115 Å². The third-order valence-corrected chi connectivity index (χ3v) is 4.97. The zero-order valence-corrected chi connectivity index (χ0v) is 11.9. The summed E-state index contributed by atoms with van der Waals surface area (Å²) in [4.78, 5) is 22.7. The van der Waals surface area contributed by atoms with Gasteiger partial charge in [-0.2, -0.15) is 0 Å². The van der Waals surface area contributed by atoms with Crippen molar-refractivity contribution < 1.29 is 27.5 Å². The van der Waals surface area contributed by atoms with E-state index in [2.05, 4.69) is 5.32 Å². The van der Waals surface area contributed by atoms with E-state index in [0.717, 1.165) is 24.5 Å². The van der Waals surface area contributed by atoms with Crippen LogP contribution in [0.3, 0.4) is 0 Å². The molecule has 1 aromatic rings.